The summed E-state index contributed by atoms with van der Waals surface area (Å²) in [5, 5.41) is 9.39. The molecule has 0 atom stereocenters. The van der Waals surface area contributed by atoms with Gasteiger partial charge in [-0.1, -0.05) is 0 Å². The van der Waals surface area contributed by atoms with Crippen LogP contribution in [-0.2, 0) is 6.61 Å². The number of H-pyrrole nitrogens is 1. The molecule has 2 heterocycles. The number of Topliss-reactive ketones (excluding diaryl/α,β-unsaturated/α-hetero) is 2. The Kier molecular flexibility index (Phi) is 2.43. The first-order valence-electron chi connectivity index (χ1n) is 5.97. The van der Waals surface area contributed by atoms with E-state index in [1.165, 1.54) is 13.0 Å². The summed E-state index contributed by atoms with van der Waals surface area (Å²) in [4.78, 5) is 40.3. The van der Waals surface area contributed by atoms with Crippen LogP contribution < -0.4 is 0 Å². The molecule has 1 aromatic heterocycles. The molecule has 0 bridgehead atoms. The molecule has 6 heteroatoms. The fraction of sp³-hybridized carbons (Fsp3) is 0.308. The third kappa shape index (κ3) is 1.64. The number of aromatic nitrogens is 1. The van der Waals surface area contributed by atoms with E-state index in [1.807, 2.05) is 0 Å². The molecule has 3 rings (SSSR count). The van der Waals surface area contributed by atoms with Gasteiger partial charge in [0.15, 0.2) is 5.78 Å². The van der Waals surface area contributed by atoms with Gasteiger partial charge >= 0.3 is 0 Å². The molecule has 1 fully saturated rings. The summed E-state index contributed by atoms with van der Waals surface area (Å²) in [6.45, 7) is 2.37. The molecule has 0 radical (unpaired) electrons. The van der Waals surface area contributed by atoms with Crippen molar-refractivity contribution in [3.63, 3.8) is 0 Å². The fourth-order valence-corrected chi connectivity index (χ4v) is 2.35. The number of carbonyl (C=O) groups is 3. The summed E-state index contributed by atoms with van der Waals surface area (Å²) in [7, 11) is 0. The van der Waals surface area contributed by atoms with Crippen molar-refractivity contribution < 1.29 is 19.5 Å². The molecule has 0 amide bonds. The van der Waals surface area contributed by atoms with Crippen LogP contribution in [0.2, 0.25) is 0 Å². The molecule has 0 spiro atoms. The topological polar surface area (TPSA) is 90.2 Å². The second kappa shape index (κ2) is 3.89. The number of hydrogen-bond acceptors (Lipinski definition) is 5. The summed E-state index contributed by atoms with van der Waals surface area (Å²) in [6.07, 6.45) is 1.29. The standard InChI is InChI=1S/C13H12N2O4/c1-6(17)11-7(5-16)10-12(14-11)9(18)4-8(13(10)19)15-2-3-15/h4,14,16H,2-3,5H2,1H3. The summed E-state index contributed by atoms with van der Waals surface area (Å²) < 4.78 is 0. The smallest absolute Gasteiger partial charge is 0.211 e. The molecule has 1 aliphatic carbocycles. The first-order chi connectivity index (χ1) is 9.04. The van der Waals surface area contributed by atoms with Gasteiger partial charge in [0.05, 0.1) is 29.3 Å². The minimum atomic E-state index is -0.451. The highest BCUT2D eigenvalue weighted by Gasteiger charge is 2.37. The average molecular weight is 260 g/mol. The molecular weight excluding hydrogens is 248 g/mol. The predicted molar refractivity (Wildman–Crippen MR) is 65.0 cm³/mol. The van der Waals surface area contributed by atoms with Crippen LogP contribution in [0, 0.1) is 0 Å². The number of fused-ring (bicyclic) bond motifs is 1. The van der Waals surface area contributed by atoms with E-state index in [9.17, 15) is 19.5 Å². The van der Waals surface area contributed by atoms with E-state index in [4.69, 9.17) is 0 Å². The predicted octanol–water partition coefficient (Wildman–Crippen LogP) is 0.288. The Morgan fingerprint density at radius 3 is 2.63 bits per heavy atom. The Balaban J connectivity index is 2.19. The van der Waals surface area contributed by atoms with E-state index in [-0.39, 0.29) is 39.9 Å². The van der Waals surface area contributed by atoms with Gasteiger partial charge in [0.2, 0.25) is 11.6 Å². The molecule has 98 valence electrons. The molecule has 0 saturated carbocycles. The van der Waals surface area contributed by atoms with Crippen LogP contribution in [0.1, 0.15) is 43.8 Å². The Bertz CT molecular complexity index is 650. The molecule has 0 aromatic carbocycles. The van der Waals surface area contributed by atoms with E-state index in [2.05, 4.69) is 4.98 Å². The number of rotatable bonds is 3. The number of carbonyl (C=O) groups excluding carboxylic acids is 3. The number of aromatic amines is 1. The lowest BCUT2D eigenvalue weighted by molar-refractivity contribution is 0.0966. The van der Waals surface area contributed by atoms with Gasteiger partial charge in [0.25, 0.3) is 0 Å². The van der Waals surface area contributed by atoms with Gasteiger partial charge in [-0.25, -0.2) is 0 Å². The molecule has 1 saturated heterocycles. The second-order valence-corrected chi connectivity index (χ2v) is 4.65. The van der Waals surface area contributed by atoms with Crippen LogP contribution in [0.3, 0.4) is 0 Å². The van der Waals surface area contributed by atoms with Crippen LogP contribution in [0.5, 0.6) is 0 Å². The number of aliphatic hydroxyl groups is 1. The van der Waals surface area contributed by atoms with Gasteiger partial charge in [0, 0.05) is 31.7 Å². The largest absolute Gasteiger partial charge is 0.392 e. The van der Waals surface area contributed by atoms with Gasteiger partial charge in [0.1, 0.15) is 0 Å². The zero-order valence-corrected chi connectivity index (χ0v) is 10.3. The number of aliphatic hydroxyl groups excluding tert-OH is 1. The zero-order chi connectivity index (χ0) is 13.7. The Hall–Kier alpha value is -2.21. The number of ketones is 3. The first-order valence-corrected chi connectivity index (χ1v) is 5.97. The minimum Gasteiger partial charge on any atom is -0.392 e. The monoisotopic (exact) mass is 260 g/mol. The summed E-state index contributed by atoms with van der Waals surface area (Å²) >= 11 is 0. The van der Waals surface area contributed by atoms with Crippen molar-refractivity contribution in [1.29, 1.82) is 0 Å². The summed E-state index contributed by atoms with van der Waals surface area (Å²) in [5.74, 6) is -0.953. The van der Waals surface area contributed by atoms with E-state index >= 15 is 0 Å². The number of allylic oxidation sites excluding steroid dienone is 2. The van der Waals surface area contributed by atoms with Crippen molar-refractivity contribution in [3.8, 4) is 0 Å². The summed E-state index contributed by atoms with van der Waals surface area (Å²) in [6, 6.07) is 0. The lowest BCUT2D eigenvalue weighted by atomic mass is 9.95. The Morgan fingerprint density at radius 1 is 1.42 bits per heavy atom. The highest BCUT2D eigenvalue weighted by molar-refractivity contribution is 6.25. The molecule has 1 aromatic rings. The van der Waals surface area contributed by atoms with Crippen molar-refractivity contribution >= 4 is 17.3 Å². The van der Waals surface area contributed by atoms with Gasteiger partial charge in [-0.3, -0.25) is 14.4 Å². The van der Waals surface area contributed by atoms with Gasteiger partial charge in [-0.2, -0.15) is 0 Å². The highest BCUT2D eigenvalue weighted by Crippen LogP contribution is 2.30. The molecule has 19 heavy (non-hydrogen) atoms. The Labute approximate surface area is 108 Å². The van der Waals surface area contributed by atoms with Crippen LogP contribution >= 0.6 is 0 Å². The molecule has 2 aliphatic rings. The summed E-state index contributed by atoms with van der Waals surface area (Å²) in [5.41, 5.74) is 0.941. The van der Waals surface area contributed by atoms with E-state index in [0.717, 1.165) is 13.1 Å². The molecule has 6 nitrogen and oxygen atoms in total. The van der Waals surface area contributed by atoms with Crippen molar-refractivity contribution in [3.05, 3.63) is 34.3 Å². The second-order valence-electron chi connectivity index (χ2n) is 4.65. The van der Waals surface area contributed by atoms with Crippen molar-refractivity contribution in [2.24, 2.45) is 0 Å². The van der Waals surface area contributed by atoms with Crippen LogP contribution in [-0.4, -0.2) is 45.4 Å². The van der Waals surface area contributed by atoms with Gasteiger partial charge in [-0.05, 0) is 0 Å². The maximum Gasteiger partial charge on any atom is 0.211 e. The quantitative estimate of drug-likeness (QED) is 0.602. The molecule has 1 aliphatic heterocycles. The van der Waals surface area contributed by atoms with E-state index < -0.39 is 6.61 Å². The van der Waals surface area contributed by atoms with Crippen molar-refractivity contribution in [2.75, 3.05) is 13.1 Å². The van der Waals surface area contributed by atoms with Crippen LogP contribution in [0.4, 0.5) is 0 Å². The number of nitrogens with one attached hydrogen (secondary N) is 1. The fourth-order valence-electron chi connectivity index (χ4n) is 2.35. The highest BCUT2D eigenvalue weighted by atomic mass is 16.3. The lowest BCUT2D eigenvalue weighted by Gasteiger charge is -2.13. The van der Waals surface area contributed by atoms with Crippen LogP contribution in [0.15, 0.2) is 11.8 Å². The first kappa shape index (κ1) is 11.9. The van der Waals surface area contributed by atoms with Crippen molar-refractivity contribution in [1.82, 2.24) is 9.88 Å². The third-order valence-electron chi connectivity index (χ3n) is 3.38. The zero-order valence-electron chi connectivity index (χ0n) is 10.3. The number of hydrogen-bond donors (Lipinski definition) is 2. The van der Waals surface area contributed by atoms with E-state index in [1.54, 1.807) is 4.90 Å². The SMILES string of the molecule is CC(=O)c1[nH]c2c(c1CO)C(=O)C(N1CC1)=CC2=O. The van der Waals surface area contributed by atoms with Gasteiger partial charge < -0.3 is 15.0 Å². The Morgan fingerprint density at radius 2 is 2.11 bits per heavy atom. The third-order valence-corrected chi connectivity index (χ3v) is 3.38. The molecule has 2 N–H and O–H groups in total. The molecule has 0 unspecified atom stereocenters. The van der Waals surface area contributed by atoms with Gasteiger partial charge in [-0.15, -0.1) is 0 Å². The number of nitrogens with zero attached hydrogens (tertiary/aromatic N) is 1. The minimum absolute atomic E-state index is 0.102. The normalized spacial score (nSPS) is 17.4. The van der Waals surface area contributed by atoms with Crippen LogP contribution in [0.25, 0.3) is 0 Å². The maximum absolute atomic E-state index is 12.4. The maximum atomic E-state index is 12.4. The average Bonchev–Trinajstić information content (AvgIpc) is 3.12. The van der Waals surface area contributed by atoms with Crippen molar-refractivity contribution in [2.45, 2.75) is 13.5 Å². The van der Waals surface area contributed by atoms with E-state index in [0.29, 0.717) is 5.70 Å². The lowest BCUT2D eigenvalue weighted by Crippen LogP contribution is -2.21. The molecular formula is C13H12N2O4.